The Morgan fingerprint density at radius 3 is 2.77 bits per heavy atom. The van der Waals surface area contributed by atoms with Crippen LogP contribution in [0, 0.1) is 23.2 Å². The standard InChI is InChI=1S/C38H47N3O6/c1-47-33-20-24(9-11-31(43)36(46)32(44)19-23-8-10-25-5-2-3-6-26(25)17-23)18-30(35(33)45)34-28-13-16-41-37(39)29(28)12-14-38(34,22-42)21-27-7-4-15-40-27/h4,7-8,10,12-15,18,20,23,25-26,34,36,40-42,45-46H,2-3,5-6,9,11,16-17,19,21-22,39H2,1H3. The van der Waals surface area contributed by atoms with Crippen molar-refractivity contribution in [2.24, 2.45) is 28.9 Å². The largest absolute Gasteiger partial charge is 0.504 e. The van der Waals surface area contributed by atoms with E-state index in [-0.39, 0.29) is 43.3 Å². The number of aryl methyl sites for hydroxylation is 1. The minimum Gasteiger partial charge on any atom is -0.504 e. The molecule has 1 aromatic heterocycles. The monoisotopic (exact) mass is 641 g/mol. The quantitative estimate of drug-likeness (QED) is 0.146. The number of aromatic hydroxyl groups is 1. The molecule has 0 spiro atoms. The lowest BCUT2D eigenvalue weighted by molar-refractivity contribution is -0.139. The number of phenols is 1. The van der Waals surface area contributed by atoms with Crippen molar-refractivity contribution in [3.8, 4) is 11.5 Å². The van der Waals surface area contributed by atoms with Gasteiger partial charge in [0.2, 0.25) is 0 Å². The third-order valence-corrected chi connectivity index (χ3v) is 10.8. The number of ether oxygens (including phenoxy) is 1. The fraction of sp³-hybridized carbons (Fsp3) is 0.474. The highest BCUT2D eigenvalue weighted by atomic mass is 16.5. The fourth-order valence-corrected chi connectivity index (χ4v) is 8.28. The van der Waals surface area contributed by atoms with Gasteiger partial charge >= 0.3 is 0 Å². The molecular formula is C38H47N3O6. The molecule has 3 aliphatic carbocycles. The summed E-state index contributed by atoms with van der Waals surface area (Å²) in [5.74, 6) is 0.507. The number of nitrogens with two attached hydrogens (primary N) is 1. The van der Waals surface area contributed by atoms with Gasteiger partial charge < -0.3 is 36.1 Å². The number of allylic oxidation sites excluding steroid dienone is 5. The number of rotatable bonds is 12. The van der Waals surface area contributed by atoms with E-state index >= 15 is 0 Å². The van der Waals surface area contributed by atoms with Crippen molar-refractivity contribution in [3.63, 3.8) is 0 Å². The van der Waals surface area contributed by atoms with Gasteiger partial charge in [-0.05, 0) is 79.2 Å². The van der Waals surface area contributed by atoms with Crippen LogP contribution in [0.3, 0.4) is 0 Å². The molecule has 0 amide bonds. The summed E-state index contributed by atoms with van der Waals surface area (Å²) in [7, 11) is 1.47. The van der Waals surface area contributed by atoms with Crippen molar-refractivity contribution < 1.29 is 29.6 Å². The minimum absolute atomic E-state index is 0.0472. The van der Waals surface area contributed by atoms with Crippen molar-refractivity contribution in [1.82, 2.24) is 10.3 Å². The van der Waals surface area contributed by atoms with E-state index in [0.29, 0.717) is 41.7 Å². The number of nitrogens with one attached hydrogen (secondary N) is 2. The van der Waals surface area contributed by atoms with Crippen molar-refractivity contribution in [2.75, 3.05) is 20.3 Å². The number of ketones is 2. The first-order valence-corrected chi connectivity index (χ1v) is 16.9. The number of Topliss-reactive ketones (excluding diaryl/α,β-unsaturated/α-hetero) is 2. The number of hydrogen-bond donors (Lipinski definition) is 6. The van der Waals surface area contributed by atoms with E-state index in [9.17, 15) is 24.9 Å². The van der Waals surface area contributed by atoms with Gasteiger partial charge in [0.05, 0.1) is 13.7 Å². The molecule has 1 aromatic carbocycles. The van der Waals surface area contributed by atoms with Gasteiger partial charge in [-0.3, -0.25) is 9.59 Å². The summed E-state index contributed by atoms with van der Waals surface area (Å²) in [4.78, 5) is 29.4. The number of carbonyl (C=O) groups excluding carboxylic acids is 2. The van der Waals surface area contributed by atoms with Gasteiger partial charge in [0, 0.05) is 53.7 Å². The first-order chi connectivity index (χ1) is 22.7. The second-order valence-corrected chi connectivity index (χ2v) is 13.8. The molecule has 2 aromatic rings. The number of phenolic OH excluding ortho intramolecular Hbond substituents is 1. The Morgan fingerprint density at radius 1 is 1.17 bits per heavy atom. The molecule has 1 aliphatic heterocycles. The van der Waals surface area contributed by atoms with E-state index in [2.05, 4.69) is 22.5 Å². The van der Waals surface area contributed by atoms with Gasteiger partial charge in [0.15, 0.2) is 29.2 Å². The summed E-state index contributed by atoms with van der Waals surface area (Å²) in [6, 6.07) is 7.39. The van der Waals surface area contributed by atoms with Crippen LogP contribution < -0.4 is 15.8 Å². The highest BCUT2D eigenvalue weighted by molar-refractivity contribution is 6.05. The lowest BCUT2D eigenvalue weighted by Crippen LogP contribution is -2.40. The second-order valence-electron chi connectivity index (χ2n) is 13.8. The number of fused-ring (bicyclic) bond motifs is 2. The number of aliphatic hydroxyl groups excluding tert-OH is 2. The summed E-state index contributed by atoms with van der Waals surface area (Å²) in [5, 5.41) is 36.5. The van der Waals surface area contributed by atoms with Crippen molar-refractivity contribution in [3.05, 3.63) is 94.6 Å². The normalized spacial score (nSPS) is 27.3. The van der Waals surface area contributed by atoms with Crippen LogP contribution in [-0.2, 0) is 22.4 Å². The van der Waals surface area contributed by atoms with Gasteiger partial charge in [-0.2, -0.15) is 0 Å². The Balaban J connectivity index is 1.23. The molecule has 7 N–H and O–H groups in total. The average molecular weight is 642 g/mol. The zero-order chi connectivity index (χ0) is 33.1. The molecule has 9 heteroatoms. The predicted molar refractivity (Wildman–Crippen MR) is 180 cm³/mol. The third-order valence-electron chi connectivity index (χ3n) is 10.8. The number of dihydropyridines is 1. The average Bonchev–Trinajstić information content (AvgIpc) is 3.60. The molecule has 250 valence electrons. The maximum atomic E-state index is 13.1. The molecule has 6 rings (SSSR count). The van der Waals surface area contributed by atoms with Crippen LogP contribution in [0.2, 0.25) is 0 Å². The topological polar surface area (TPSA) is 158 Å². The van der Waals surface area contributed by atoms with E-state index in [0.717, 1.165) is 23.3 Å². The molecule has 1 fully saturated rings. The fourth-order valence-electron chi connectivity index (χ4n) is 8.28. The molecular weight excluding hydrogens is 594 g/mol. The maximum absolute atomic E-state index is 13.1. The van der Waals surface area contributed by atoms with Crippen LogP contribution in [0.1, 0.15) is 67.7 Å². The Labute approximate surface area is 276 Å². The molecule has 1 saturated carbocycles. The van der Waals surface area contributed by atoms with Crippen LogP contribution in [0.25, 0.3) is 0 Å². The number of aromatic amines is 1. The molecule has 47 heavy (non-hydrogen) atoms. The minimum atomic E-state index is -1.66. The van der Waals surface area contributed by atoms with E-state index < -0.39 is 29.0 Å². The first kappa shape index (κ1) is 32.8. The first-order valence-electron chi connectivity index (χ1n) is 16.9. The molecule has 9 nitrogen and oxygen atoms in total. The Hall–Kier alpha value is -4.08. The summed E-state index contributed by atoms with van der Waals surface area (Å²) >= 11 is 0. The predicted octanol–water partition coefficient (Wildman–Crippen LogP) is 4.51. The van der Waals surface area contributed by atoms with Crippen LogP contribution in [-0.4, -0.2) is 58.2 Å². The Kier molecular flexibility index (Phi) is 9.75. The SMILES string of the molecule is COc1cc(CCC(=O)C(O)C(=O)CC2C=CC3CCCCC3C2)cc(C2C3=CCNC(N)=C3C=CC2(CO)Cc2ccc[nH]2)c1O. The van der Waals surface area contributed by atoms with Crippen LogP contribution in [0.5, 0.6) is 11.5 Å². The lowest BCUT2D eigenvalue weighted by Gasteiger charge is -2.43. The summed E-state index contributed by atoms with van der Waals surface area (Å²) in [6.45, 7) is 0.288. The number of H-pyrrole nitrogens is 1. The molecule has 2 heterocycles. The van der Waals surface area contributed by atoms with Crippen LogP contribution in [0.15, 0.2) is 77.8 Å². The van der Waals surface area contributed by atoms with Gasteiger partial charge in [-0.15, -0.1) is 0 Å². The summed E-state index contributed by atoms with van der Waals surface area (Å²) in [6.07, 6.45) is 17.1. The summed E-state index contributed by atoms with van der Waals surface area (Å²) in [5.41, 5.74) is 9.39. The molecule has 4 aliphatic rings. The summed E-state index contributed by atoms with van der Waals surface area (Å²) < 4.78 is 5.60. The molecule has 0 bridgehead atoms. The van der Waals surface area contributed by atoms with Crippen LogP contribution >= 0.6 is 0 Å². The van der Waals surface area contributed by atoms with Gasteiger partial charge in [0.25, 0.3) is 0 Å². The maximum Gasteiger partial charge on any atom is 0.170 e. The number of aliphatic hydroxyl groups is 2. The number of benzene rings is 1. The number of hydrogen-bond acceptors (Lipinski definition) is 8. The van der Waals surface area contributed by atoms with Crippen LogP contribution in [0.4, 0.5) is 0 Å². The zero-order valence-corrected chi connectivity index (χ0v) is 27.1. The highest BCUT2D eigenvalue weighted by Gasteiger charge is 2.45. The van der Waals surface area contributed by atoms with Gasteiger partial charge in [-0.25, -0.2) is 0 Å². The Bertz CT molecular complexity index is 1600. The van der Waals surface area contributed by atoms with E-state index in [1.165, 1.54) is 32.8 Å². The lowest BCUT2D eigenvalue weighted by atomic mass is 9.61. The van der Waals surface area contributed by atoms with Crippen molar-refractivity contribution >= 4 is 11.6 Å². The van der Waals surface area contributed by atoms with E-state index in [1.54, 1.807) is 6.07 Å². The molecule has 0 saturated heterocycles. The zero-order valence-electron chi connectivity index (χ0n) is 27.1. The third kappa shape index (κ3) is 6.69. The van der Waals surface area contributed by atoms with Crippen molar-refractivity contribution in [1.29, 1.82) is 0 Å². The number of carbonyl (C=O) groups is 2. The molecule has 0 radical (unpaired) electrons. The second kappa shape index (κ2) is 14.0. The van der Waals surface area contributed by atoms with E-state index in [1.807, 2.05) is 42.6 Å². The number of methoxy groups -OCH3 is 1. The Morgan fingerprint density at radius 2 is 2.00 bits per heavy atom. The van der Waals surface area contributed by atoms with Gasteiger partial charge in [0.1, 0.15) is 5.82 Å². The smallest absolute Gasteiger partial charge is 0.170 e. The molecule has 6 unspecified atom stereocenters. The van der Waals surface area contributed by atoms with Gasteiger partial charge in [-0.1, -0.05) is 49.3 Å². The van der Waals surface area contributed by atoms with E-state index in [4.69, 9.17) is 10.5 Å². The van der Waals surface area contributed by atoms with Crippen molar-refractivity contribution in [2.45, 2.75) is 69.8 Å². The number of aromatic nitrogens is 1. The molecule has 6 atom stereocenters. The highest BCUT2D eigenvalue weighted by Crippen LogP contribution is 2.54.